The highest BCUT2D eigenvalue weighted by atomic mass is 16.3. The molecule has 1 aromatic carbocycles. The fourth-order valence-corrected chi connectivity index (χ4v) is 3.00. The smallest absolute Gasteiger partial charge is 0.209 e. The van der Waals surface area contributed by atoms with Gasteiger partial charge in [0.2, 0.25) is 5.89 Å². The molecular weight excluding hydrogens is 250 g/mol. The van der Waals surface area contributed by atoms with E-state index < -0.39 is 0 Å². The van der Waals surface area contributed by atoms with Gasteiger partial charge in [0.15, 0.2) is 5.58 Å². The van der Waals surface area contributed by atoms with Crippen LogP contribution in [0.25, 0.3) is 11.1 Å². The van der Waals surface area contributed by atoms with E-state index >= 15 is 0 Å². The largest absolute Gasteiger partial charge is 0.439 e. The van der Waals surface area contributed by atoms with Crippen molar-refractivity contribution in [2.45, 2.75) is 26.1 Å². The van der Waals surface area contributed by atoms with Crippen LogP contribution in [0.5, 0.6) is 0 Å². The molecule has 102 valence electrons. The molecule has 1 aliphatic heterocycles. The first-order chi connectivity index (χ1) is 9.81. The van der Waals surface area contributed by atoms with Crippen LogP contribution in [-0.4, -0.2) is 21.0 Å². The third kappa shape index (κ3) is 1.84. The second-order valence-electron chi connectivity index (χ2n) is 5.35. The van der Waals surface area contributed by atoms with Crippen molar-refractivity contribution in [1.82, 2.24) is 14.5 Å². The zero-order valence-corrected chi connectivity index (χ0v) is 11.5. The summed E-state index contributed by atoms with van der Waals surface area (Å²) in [6.07, 6.45) is 2.16. The number of hydrogen-bond acceptors (Lipinski definition) is 3. The fraction of sp³-hybridized carbons (Fsp3) is 0.312. The van der Waals surface area contributed by atoms with Gasteiger partial charge >= 0.3 is 0 Å². The Morgan fingerprint density at radius 3 is 3.00 bits per heavy atom. The molecule has 3 aromatic rings. The van der Waals surface area contributed by atoms with Crippen molar-refractivity contribution in [2.24, 2.45) is 0 Å². The van der Waals surface area contributed by atoms with Crippen molar-refractivity contribution in [3.63, 3.8) is 0 Å². The Labute approximate surface area is 117 Å². The Balaban J connectivity index is 1.60. The average molecular weight is 267 g/mol. The van der Waals surface area contributed by atoms with Gasteiger partial charge in [-0.2, -0.15) is 0 Å². The first-order valence-corrected chi connectivity index (χ1v) is 7.05. The predicted molar refractivity (Wildman–Crippen MR) is 77.3 cm³/mol. The Bertz CT molecular complexity index is 710. The normalized spacial score (nSPS) is 19.4. The maximum atomic E-state index is 5.83. The predicted octanol–water partition coefficient (Wildman–Crippen LogP) is 3.21. The lowest BCUT2D eigenvalue weighted by Crippen LogP contribution is -2.35. The summed E-state index contributed by atoms with van der Waals surface area (Å²) in [5.74, 6) is 0.804. The molecule has 0 N–H and O–H groups in total. The first kappa shape index (κ1) is 11.7. The quantitative estimate of drug-likeness (QED) is 0.715. The monoisotopic (exact) mass is 267 g/mol. The summed E-state index contributed by atoms with van der Waals surface area (Å²) < 4.78 is 8.16. The van der Waals surface area contributed by atoms with Crippen LogP contribution in [0, 0.1) is 0 Å². The summed E-state index contributed by atoms with van der Waals surface area (Å²) >= 11 is 0. The van der Waals surface area contributed by atoms with Crippen LogP contribution in [-0.2, 0) is 13.1 Å². The van der Waals surface area contributed by atoms with Crippen LogP contribution in [0.4, 0.5) is 0 Å². The zero-order valence-electron chi connectivity index (χ0n) is 11.5. The molecular formula is C16H17N3O. The van der Waals surface area contributed by atoms with E-state index in [2.05, 4.69) is 39.7 Å². The number of para-hydroxylation sites is 2. The van der Waals surface area contributed by atoms with Gasteiger partial charge in [-0.25, -0.2) is 4.98 Å². The summed E-state index contributed by atoms with van der Waals surface area (Å²) in [5.41, 5.74) is 3.18. The van der Waals surface area contributed by atoms with Gasteiger partial charge in [-0.1, -0.05) is 12.1 Å². The van der Waals surface area contributed by atoms with E-state index in [0.717, 1.165) is 36.6 Å². The standard InChI is InChI=1S/C16H17N3O/c1-12-14-6-4-8-18(14)9-10-19(12)11-16-17-13-5-2-3-7-15(13)20-16/h2-8,12H,9-11H2,1H3. The molecule has 0 spiro atoms. The van der Waals surface area contributed by atoms with Crippen LogP contribution in [0.2, 0.25) is 0 Å². The van der Waals surface area contributed by atoms with E-state index in [1.807, 2.05) is 24.3 Å². The SMILES string of the molecule is CC1c2cccn2CCN1Cc1nc2ccccc2o1. The Kier molecular flexibility index (Phi) is 2.63. The van der Waals surface area contributed by atoms with Crippen LogP contribution in [0.1, 0.15) is 24.6 Å². The third-order valence-corrected chi connectivity index (χ3v) is 4.15. The molecule has 0 bridgehead atoms. The van der Waals surface area contributed by atoms with Crippen molar-refractivity contribution in [1.29, 1.82) is 0 Å². The molecule has 0 saturated carbocycles. The van der Waals surface area contributed by atoms with Gasteiger partial charge in [-0.05, 0) is 31.2 Å². The topological polar surface area (TPSA) is 34.2 Å². The number of aromatic nitrogens is 2. The fourth-order valence-electron chi connectivity index (χ4n) is 3.00. The number of nitrogens with zero attached hydrogens (tertiary/aromatic N) is 3. The van der Waals surface area contributed by atoms with E-state index in [0.29, 0.717) is 6.04 Å². The van der Waals surface area contributed by atoms with Crippen molar-refractivity contribution in [2.75, 3.05) is 6.54 Å². The Hall–Kier alpha value is -2.07. The average Bonchev–Trinajstić information content (AvgIpc) is 3.08. The second-order valence-corrected chi connectivity index (χ2v) is 5.35. The molecule has 1 aliphatic rings. The van der Waals surface area contributed by atoms with Gasteiger partial charge in [-0.15, -0.1) is 0 Å². The number of rotatable bonds is 2. The number of oxazole rings is 1. The summed E-state index contributed by atoms with van der Waals surface area (Å²) in [4.78, 5) is 6.99. The third-order valence-electron chi connectivity index (χ3n) is 4.15. The molecule has 4 rings (SSSR count). The molecule has 0 amide bonds. The van der Waals surface area contributed by atoms with Crippen LogP contribution >= 0.6 is 0 Å². The van der Waals surface area contributed by atoms with Crippen LogP contribution in [0.3, 0.4) is 0 Å². The Morgan fingerprint density at radius 2 is 2.10 bits per heavy atom. The maximum Gasteiger partial charge on any atom is 0.209 e. The van der Waals surface area contributed by atoms with Crippen molar-refractivity contribution < 1.29 is 4.42 Å². The molecule has 0 saturated heterocycles. The molecule has 2 aromatic heterocycles. The minimum Gasteiger partial charge on any atom is -0.439 e. The first-order valence-electron chi connectivity index (χ1n) is 7.05. The van der Waals surface area contributed by atoms with Gasteiger partial charge < -0.3 is 8.98 Å². The van der Waals surface area contributed by atoms with Crippen molar-refractivity contribution in [3.8, 4) is 0 Å². The summed E-state index contributed by atoms with van der Waals surface area (Å²) in [6, 6.07) is 12.6. The van der Waals surface area contributed by atoms with E-state index in [4.69, 9.17) is 4.42 Å². The molecule has 0 radical (unpaired) electrons. The number of benzene rings is 1. The van der Waals surface area contributed by atoms with Gasteiger partial charge in [-0.3, -0.25) is 4.90 Å². The molecule has 0 fully saturated rings. The van der Waals surface area contributed by atoms with E-state index in [1.165, 1.54) is 5.69 Å². The lowest BCUT2D eigenvalue weighted by atomic mass is 10.1. The molecule has 0 aliphatic carbocycles. The van der Waals surface area contributed by atoms with Crippen molar-refractivity contribution in [3.05, 3.63) is 54.2 Å². The number of hydrogen-bond donors (Lipinski definition) is 0. The molecule has 1 atom stereocenters. The summed E-state index contributed by atoms with van der Waals surface area (Å²) in [6.45, 7) is 5.07. The van der Waals surface area contributed by atoms with Gasteiger partial charge in [0, 0.05) is 31.0 Å². The van der Waals surface area contributed by atoms with Gasteiger partial charge in [0.1, 0.15) is 5.52 Å². The maximum absolute atomic E-state index is 5.83. The summed E-state index contributed by atoms with van der Waals surface area (Å²) in [5, 5.41) is 0. The van der Waals surface area contributed by atoms with E-state index in [-0.39, 0.29) is 0 Å². The minimum atomic E-state index is 0.397. The number of fused-ring (bicyclic) bond motifs is 2. The summed E-state index contributed by atoms with van der Waals surface area (Å²) in [7, 11) is 0. The zero-order chi connectivity index (χ0) is 13.5. The molecule has 1 unspecified atom stereocenters. The van der Waals surface area contributed by atoms with Crippen molar-refractivity contribution >= 4 is 11.1 Å². The van der Waals surface area contributed by atoms with E-state index in [1.54, 1.807) is 0 Å². The minimum absolute atomic E-state index is 0.397. The lowest BCUT2D eigenvalue weighted by molar-refractivity contribution is 0.147. The highest BCUT2D eigenvalue weighted by Crippen LogP contribution is 2.27. The van der Waals surface area contributed by atoms with Gasteiger partial charge in [0.25, 0.3) is 0 Å². The van der Waals surface area contributed by atoms with E-state index in [9.17, 15) is 0 Å². The highest BCUT2D eigenvalue weighted by Gasteiger charge is 2.24. The molecule has 4 nitrogen and oxygen atoms in total. The Morgan fingerprint density at radius 1 is 1.20 bits per heavy atom. The molecule has 4 heteroatoms. The molecule has 20 heavy (non-hydrogen) atoms. The van der Waals surface area contributed by atoms with Crippen LogP contribution in [0.15, 0.2) is 47.0 Å². The van der Waals surface area contributed by atoms with Gasteiger partial charge in [0.05, 0.1) is 6.54 Å². The lowest BCUT2D eigenvalue weighted by Gasteiger charge is -2.33. The van der Waals surface area contributed by atoms with Crippen LogP contribution < -0.4 is 0 Å². The highest BCUT2D eigenvalue weighted by molar-refractivity contribution is 5.72. The molecule has 3 heterocycles. The second kappa shape index (κ2) is 4.49.